The minimum Gasteiger partial charge on any atom is -0.463 e. The molecule has 0 spiro atoms. The highest BCUT2D eigenvalue weighted by Crippen LogP contribution is 2.35. The smallest absolute Gasteiger partial charge is 0.305 e. The van der Waals surface area contributed by atoms with Gasteiger partial charge in [0.2, 0.25) is 18.7 Å². The number of rotatable bonds is 11. The van der Waals surface area contributed by atoms with Crippen molar-refractivity contribution < 1.29 is 90.5 Å². The van der Waals surface area contributed by atoms with Gasteiger partial charge in [0.25, 0.3) is 0 Å². The lowest BCUT2D eigenvalue weighted by Gasteiger charge is -2.48. The van der Waals surface area contributed by atoms with Crippen molar-refractivity contribution in [2.75, 3.05) is 6.61 Å². The van der Waals surface area contributed by atoms with Gasteiger partial charge >= 0.3 is 47.8 Å². The second kappa shape index (κ2) is 16.8. The van der Waals surface area contributed by atoms with Gasteiger partial charge in [-0.2, -0.15) is 0 Å². The predicted octanol–water partition coefficient (Wildman–Crippen LogP) is -0.873. The maximum Gasteiger partial charge on any atom is 0.305 e. The van der Waals surface area contributed by atoms with Crippen LogP contribution in [0.25, 0.3) is 0 Å². The minimum absolute atomic E-state index is 0.607. The highest BCUT2D eigenvalue weighted by atomic mass is 16.8. The van der Waals surface area contributed by atoms with E-state index in [2.05, 4.69) is 0 Å². The Balaban J connectivity index is 2.72. The molecule has 0 aromatic carbocycles. The summed E-state index contributed by atoms with van der Waals surface area (Å²) in [6.07, 6.45) is -17.3. The molecule has 0 unspecified atom stereocenters. The molecule has 0 bridgehead atoms. The third-order valence-electron chi connectivity index (χ3n) is 5.86. The lowest BCUT2D eigenvalue weighted by Crippen LogP contribution is -2.67. The Morgan fingerprint density at radius 1 is 0.391 bits per heavy atom. The first-order valence-corrected chi connectivity index (χ1v) is 13.7. The maximum atomic E-state index is 12.2. The lowest BCUT2D eigenvalue weighted by atomic mass is 9.97. The largest absolute Gasteiger partial charge is 0.463 e. The molecule has 2 fully saturated rings. The third-order valence-corrected chi connectivity index (χ3v) is 5.86. The highest BCUT2D eigenvalue weighted by Gasteiger charge is 2.58. The molecular weight excluding hydrogens is 628 g/mol. The summed E-state index contributed by atoms with van der Waals surface area (Å²) in [5.41, 5.74) is 0. The standard InChI is InChI=1S/C27H36O19/c1-10(28)36-9-18-19(37-11(2)29)20(38-12(3)30)22(40-14(5)32)27(44-18)45-24-21(39-13(4)31)23(41-15(6)33)25(42-16(7)34)46-26(24)43-17(8)35/h18-27H,9H2,1-8H3/t18-,19-,20+,21-,22-,23-,24+,25-,26+,27+/m1/s1. The van der Waals surface area contributed by atoms with Crippen molar-refractivity contribution in [3.8, 4) is 0 Å². The molecule has 19 heteroatoms. The van der Waals surface area contributed by atoms with Crippen LogP contribution in [-0.2, 0) is 90.5 Å². The second-order valence-corrected chi connectivity index (χ2v) is 9.91. The van der Waals surface area contributed by atoms with Crippen LogP contribution in [0.15, 0.2) is 0 Å². The first kappa shape index (κ1) is 37.8. The Morgan fingerprint density at radius 3 is 1.15 bits per heavy atom. The highest BCUT2D eigenvalue weighted by molar-refractivity contribution is 5.70. The molecule has 2 aliphatic heterocycles. The molecular formula is C27H36O19. The number of carbonyl (C=O) groups excluding carboxylic acids is 8. The molecule has 0 aliphatic carbocycles. The fourth-order valence-corrected chi connectivity index (χ4v) is 4.54. The Morgan fingerprint density at radius 2 is 0.739 bits per heavy atom. The van der Waals surface area contributed by atoms with E-state index in [1.54, 1.807) is 0 Å². The number of hydrogen-bond acceptors (Lipinski definition) is 19. The van der Waals surface area contributed by atoms with E-state index in [4.69, 9.17) is 52.1 Å². The first-order chi connectivity index (χ1) is 21.4. The van der Waals surface area contributed by atoms with Gasteiger partial charge in [-0.05, 0) is 0 Å². The molecule has 19 nitrogen and oxygen atoms in total. The van der Waals surface area contributed by atoms with Gasteiger partial charge in [-0.25, -0.2) is 0 Å². The molecule has 0 N–H and O–H groups in total. The molecule has 10 atom stereocenters. The zero-order valence-corrected chi connectivity index (χ0v) is 26.2. The molecule has 2 heterocycles. The summed E-state index contributed by atoms with van der Waals surface area (Å²) in [6.45, 7) is 7.43. The first-order valence-electron chi connectivity index (χ1n) is 13.7. The van der Waals surface area contributed by atoms with Crippen LogP contribution in [0.4, 0.5) is 0 Å². The van der Waals surface area contributed by atoms with Gasteiger partial charge in [-0.15, -0.1) is 0 Å². The van der Waals surface area contributed by atoms with Crippen molar-refractivity contribution >= 4 is 47.8 Å². The number of hydrogen-bond donors (Lipinski definition) is 0. The van der Waals surface area contributed by atoms with Gasteiger partial charge < -0.3 is 47.4 Å². The molecule has 0 aromatic rings. The maximum absolute atomic E-state index is 12.2. The monoisotopic (exact) mass is 664 g/mol. The molecule has 0 aromatic heterocycles. The van der Waals surface area contributed by atoms with Crippen LogP contribution in [0, 0.1) is 0 Å². The zero-order valence-electron chi connectivity index (χ0n) is 26.2. The van der Waals surface area contributed by atoms with E-state index in [0.29, 0.717) is 0 Å². The number of carbonyl (C=O) groups is 8. The van der Waals surface area contributed by atoms with Crippen LogP contribution in [0.5, 0.6) is 0 Å². The Hall–Kier alpha value is -4.36. The SMILES string of the molecule is CC(=O)OC[C@H]1O[C@@H](O[C@@H]2[C@@H](OC(C)=O)O[C@@H](OC(C)=O)[C@H](OC(C)=O)[C@H]2OC(C)=O)[C@H](OC(C)=O)[C@@H](OC(C)=O)[C@@H]1OC(C)=O. The Labute approximate surface area is 262 Å². The molecule has 46 heavy (non-hydrogen) atoms. The van der Waals surface area contributed by atoms with E-state index in [9.17, 15) is 38.4 Å². The van der Waals surface area contributed by atoms with E-state index < -0.39 is 116 Å². The number of esters is 8. The summed E-state index contributed by atoms with van der Waals surface area (Å²) in [5, 5.41) is 0. The molecule has 0 amide bonds. The van der Waals surface area contributed by atoms with Crippen molar-refractivity contribution in [2.24, 2.45) is 0 Å². The van der Waals surface area contributed by atoms with E-state index in [1.807, 2.05) is 0 Å². The molecule has 0 saturated carbocycles. The van der Waals surface area contributed by atoms with E-state index in [0.717, 1.165) is 55.4 Å². The van der Waals surface area contributed by atoms with Gasteiger partial charge in [0, 0.05) is 55.4 Å². The average molecular weight is 665 g/mol. The van der Waals surface area contributed by atoms with Crippen molar-refractivity contribution in [3.63, 3.8) is 0 Å². The number of ether oxygens (including phenoxy) is 11. The summed E-state index contributed by atoms with van der Waals surface area (Å²) in [5.74, 6) is -7.35. The van der Waals surface area contributed by atoms with Gasteiger partial charge in [-0.1, -0.05) is 0 Å². The van der Waals surface area contributed by atoms with Crippen LogP contribution in [0.1, 0.15) is 55.4 Å². The average Bonchev–Trinajstić information content (AvgIpc) is 2.88. The van der Waals surface area contributed by atoms with Crippen molar-refractivity contribution in [1.29, 1.82) is 0 Å². The lowest BCUT2D eigenvalue weighted by molar-refractivity contribution is -0.379. The Bertz CT molecular complexity index is 1180. The topological polar surface area (TPSA) is 238 Å². The zero-order chi connectivity index (χ0) is 34.9. The summed E-state index contributed by atoms with van der Waals surface area (Å²) in [7, 11) is 0. The van der Waals surface area contributed by atoms with Crippen molar-refractivity contribution in [3.05, 3.63) is 0 Å². The van der Waals surface area contributed by atoms with Gasteiger partial charge in [0.05, 0.1) is 0 Å². The van der Waals surface area contributed by atoms with Crippen molar-refractivity contribution in [2.45, 2.75) is 117 Å². The van der Waals surface area contributed by atoms with Gasteiger partial charge in [0.1, 0.15) is 12.7 Å². The quantitative estimate of drug-likeness (QED) is 0.192. The minimum atomic E-state index is -1.88. The predicted molar refractivity (Wildman–Crippen MR) is 140 cm³/mol. The molecule has 258 valence electrons. The fraction of sp³-hybridized carbons (Fsp3) is 0.704. The molecule has 0 radical (unpaired) electrons. The van der Waals surface area contributed by atoms with Crippen LogP contribution in [0.2, 0.25) is 0 Å². The summed E-state index contributed by atoms with van der Waals surface area (Å²) in [4.78, 5) is 96.3. The van der Waals surface area contributed by atoms with Crippen LogP contribution in [0.3, 0.4) is 0 Å². The van der Waals surface area contributed by atoms with Crippen molar-refractivity contribution in [1.82, 2.24) is 0 Å². The van der Waals surface area contributed by atoms with Gasteiger partial charge in [0.15, 0.2) is 36.8 Å². The fourth-order valence-electron chi connectivity index (χ4n) is 4.54. The normalized spacial score (nSPS) is 30.4. The van der Waals surface area contributed by atoms with E-state index in [1.165, 1.54) is 0 Å². The van der Waals surface area contributed by atoms with E-state index >= 15 is 0 Å². The van der Waals surface area contributed by atoms with Crippen LogP contribution in [-0.4, -0.2) is 116 Å². The molecule has 2 aliphatic rings. The van der Waals surface area contributed by atoms with Gasteiger partial charge in [-0.3, -0.25) is 43.1 Å². The van der Waals surface area contributed by atoms with Crippen LogP contribution < -0.4 is 0 Å². The third kappa shape index (κ3) is 11.2. The van der Waals surface area contributed by atoms with E-state index in [-0.39, 0.29) is 0 Å². The molecule has 2 saturated heterocycles. The summed E-state index contributed by atoms with van der Waals surface area (Å²) >= 11 is 0. The molecule has 2 rings (SSSR count). The van der Waals surface area contributed by atoms with Crippen LogP contribution >= 0.6 is 0 Å². The summed E-state index contributed by atoms with van der Waals surface area (Å²) in [6, 6.07) is 0. The summed E-state index contributed by atoms with van der Waals surface area (Å²) < 4.78 is 59.6. The Kier molecular flexibility index (Phi) is 13.8. The second-order valence-electron chi connectivity index (χ2n) is 9.91.